The van der Waals surface area contributed by atoms with Crippen LogP contribution >= 0.6 is 11.3 Å². The quantitative estimate of drug-likeness (QED) is 0.371. The Morgan fingerprint density at radius 1 is 1.06 bits per heavy atom. The van der Waals surface area contributed by atoms with Crippen molar-refractivity contribution in [3.05, 3.63) is 66.2 Å². The lowest BCUT2D eigenvalue weighted by Crippen LogP contribution is -1.99. The van der Waals surface area contributed by atoms with Crippen molar-refractivity contribution in [1.29, 1.82) is 0 Å². The summed E-state index contributed by atoms with van der Waals surface area (Å²) in [6, 6.07) is 14.4. The molecule has 3 N–H and O–H groups in total. The number of thiazole rings is 1. The van der Waals surface area contributed by atoms with Crippen LogP contribution in [0.4, 0.5) is 0 Å². The Kier molecular flexibility index (Phi) is 5.31. The Balaban J connectivity index is 1.65. The first-order valence-electron chi connectivity index (χ1n) is 10.3. The highest BCUT2D eigenvalue weighted by atomic mass is 32.1. The summed E-state index contributed by atoms with van der Waals surface area (Å²) in [7, 11) is 0. The molecule has 0 fully saturated rings. The van der Waals surface area contributed by atoms with Gasteiger partial charge >= 0.3 is 0 Å². The number of nitrogens with two attached hydrogens (primary N) is 1. The van der Waals surface area contributed by atoms with Crippen molar-refractivity contribution in [1.82, 2.24) is 29.5 Å². The van der Waals surface area contributed by atoms with Crippen LogP contribution in [0.15, 0.2) is 55.0 Å². The third-order valence-corrected chi connectivity index (χ3v) is 6.35. The first-order valence-corrected chi connectivity index (χ1v) is 11.2. The lowest BCUT2D eigenvalue weighted by molar-refractivity contribution is 0.742. The Bertz CT molecular complexity index is 1300. The molecule has 156 valence electrons. The highest BCUT2D eigenvalue weighted by molar-refractivity contribution is 7.18. The number of nitrogens with one attached hydrogen (secondary N) is 1. The van der Waals surface area contributed by atoms with Gasteiger partial charge in [-0.3, -0.25) is 9.50 Å². The minimum absolute atomic E-state index is 0.719. The summed E-state index contributed by atoms with van der Waals surface area (Å²) < 4.78 is 2.16. The van der Waals surface area contributed by atoms with Crippen molar-refractivity contribution < 1.29 is 0 Å². The smallest absolute Gasteiger partial charge is 0.167 e. The van der Waals surface area contributed by atoms with E-state index in [4.69, 9.17) is 15.7 Å². The Hall–Kier alpha value is -3.36. The molecule has 0 saturated heterocycles. The number of aryl methyl sites for hydroxylation is 2. The molecule has 31 heavy (non-hydrogen) atoms. The molecule has 1 aromatic carbocycles. The van der Waals surface area contributed by atoms with Crippen LogP contribution in [0, 0.1) is 6.92 Å². The molecular formula is C23H23N7S. The van der Waals surface area contributed by atoms with Crippen LogP contribution in [0.3, 0.4) is 0 Å². The van der Waals surface area contributed by atoms with Crippen LogP contribution in [-0.4, -0.2) is 36.1 Å². The number of H-pyrrole nitrogens is 1. The number of fused-ring (bicyclic) bond motifs is 1. The fourth-order valence-electron chi connectivity index (χ4n) is 3.77. The van der Waals surface area contributed by atoms with Gasteiger partial charge in [0.05, 0.1) is 16.3 Å². The predicted octanol–water partition coefficient (Wildman–Crippen LogP) is 4.50. The minimum Gasteiger partial charge on any atom is -0.330 e. The molecule has 0 saturated carbocycles. The Morgan fingerprint density at radius 2 is 1.94 bits per heavy atom. The van der Waals surface area contributed by atoms with Gasteiger partial charge in [0.2, 0.25) is 0 Å². The summed E-state index contributed by atoms with van der Waals surface area (Å²) in [5.41, 5.74) is 11.8. The monoisotopic (exact) mass is 429 g/mol. The lowest BCUT2D eigenvalue weighted by atomic mass is 10.1. The molecule has 0 aliphatic rings. The first kappa shape index (κ1) is 19.6. The van der Waals surface area contributed by atoms with Crippen LogP contribution in [-0.2, 0) is 6.42 Å². The first-order chi connectivity index (χ1) is 15.2. The number of unbranched alkanes of at least 4 members (excludes halogenated alkanes) is 1. The molecule has 0 spiro atoms. The van der Waals surface area contributed by atoms with Crippen LogP contribution in [0.2, 0.25) is 0 Å². The van der Waals surface area contributed by atoms with Crippen molar-refractivity contribution >= 4 is 17.0 Å². The van der Waals surface area contributed by atoms with Crippen LogP contribution in [0.5, 0.6) is 0 Å². The van der Waals surface area contributed by atoms with Gasteiger partial charge in [0, 0.05) is 11.8 Å². The number of imidazole rings is 1. The summed E-state index contributed by atoms with van der Waals surface area (Å²) in [6.07, 6.45) is 6.81. The molecule has 4 aromatic heterocycles. The van der Waals surface area contributed by atoms with E-state index in [2.05, 4.69) is 50.0 Å². The summed E-state index contributed by atoms with van der Waals surface area (Å²) in [5.74, 6) is 0.719. The minimum atomic E-state index is 0.719. The van der Waals surface area contributed by atoms with Gasteiger partial charge in [-0.15, -0.1) is 11.3 Å². The van der Waals surface area contributed by atoms with E-state index in [1.807, 2.05) is 25.1 Å². The van der Waals surface area contributed by atoms with E-state index in [1.165, 1.54) is 11.9 Å². The highest BCUT2D eigenvalue weighted by Gasteiger charge is 2.21. The van der Waals surface area contributed by atoms with Crippen molar-refractivity contribution in [2.45, 2.75) is 26.2 Å². The van der Waals surface area contributed by atoms with E-state index < -0.39 is 0 Å². The zero-order valence-electron chi connectivity index (χ0n) is 17.2. The summed E-state index contributed by atoms with van der Waals surface area (Å²) >= 11 is 1.60. The number of nitrogens with zero attached hydrogens (tertiary/aromatic N) is 5. The van der Waals surface area contributed by atoms with Gasteiger partial charge in [-0.05, 0) is 44.4 Å². The highest BCUT2D eigenvalue weighted by Crippen LogP contribution is 2.40. The third-order valence-electron chi connectivity index (χ3n) is 5.28. The molecular weight excluding hydrogens is 406 g/mol. The van der Waals surface area contributed by atoms with Gasteiger partial charge in [-0.25, -0.2) is 15.0 Å². The van der Waals surface area contributed by atoms with Gasteiger partial charge in [-0.1, -0.05) is 36.4 Å². The van der Waals surface area contributed by atoms with E-state index in [9.17, 15) is 0 Å². The zero-order chi connectivity index (χ0) is 21.2. The molecule has 0 bridgehead atoms. The molecule has 0 atom stereocenters. The topological polar surface area (TPSA) is 97.8 Å². The maximum absolute atomic E-state index is 5.66. The van der Waals surface area contributed by atoms with Crippen molar-refractivity contribution in [3.63, 3.8) is 0 Å². The summed E-state index contributed by atoms with van der Waals surface area (Å²) in [6.45, 7) is 2.76. The van der Waals surface area contributed by atoms with E-state index in [-0.39, 0.29) is 0 Å². The lowest BCUT2D eigenvalue weighted by Gasteiger charge is -2.04. The predicted molar refractivity (Wildman–Crippen MR) is 124 cm³/mol. The maximum Gasteiger partial charge on any atom is 0.167 e. The molecule has 8 heteroatoms. The van der Waals surface area contributed by atoms with E-state index >= 15 is 0 Å². The largest absolute Gasteiger partial charge is 0.330 e. The second kappa shape index (κ2) is 8.41. The van der Waals surface area contributed by atoms with E-state index in [0.29, 0.717) is 0 Å². The maximum atomic E-state index is 5.66. The number of benzene rings is 1. The number of aromatic amines is 1. The Morgan fingerprint density at radius 3 is 2.71 bits per heavy atom. The second-order valence-corrected chi connectivity index (χ2v) is 8.45. The summed E-state index contributed by atoms with van der Waals surface area (Å²) in [4.78, 5) is 15.2. The van der Waals surface area contributed by atoms with Gasteiger partial charge in [0.15, 0.2) is 5.82 Å². The average molecular weight is 430 g/mol. The number of pyridine rings is 1. The molecule has 7 nitrogen and oxygen atoms in total. The van der Waals surface area contributed by atoms with Crippen LogP contribution < -0.4 is 5.73 Å². The van der Waals surface area contributed by atoms with Gasteiger partial charge in [0.25, 0.3) is 0 Å². The van der Waals surface area contributed by atoms with Gasteiger partial charge < -0.3 is 5.73 Å². The number of aromatic nitrogens is 6. The number of rotatable bonds is 7. The Labute approximate surface area is 184 Å². The van der Waals surface area contributed by atoms with Gasteiger partial charge in [-0.2, -0.15) is 5.10 Å². The zero-order valence-corrected chi connectivity index (χ0v) is 18.1. The van der Waals surface area contributed by atoms with Crippen LogP contribution in [0.25, 0.3) is 38.3 Å². The standard InChI is InChI=1S/C23H23N7S/c1-15-20(30-13-16(7-5-6-12-24)10-11-18(30)27-15)23-28-19(17-8-3-2-4-9-17)21(31-23)22-25-14-26-29-22/h2-4,8-11,13-14H,5-7,12,24H2,1H3,(H,25,26,29). The van der Waals surface area contributed by atoms with E-state index in [1.54, 1.807) is 11.3 Å². The molecule has 0 amide bonds. The molecule has 5 rings (SSSR count). The van der Waals surface area contributed by atoms with Crippen molar-refractivity contribution in [2.24, 2.45) is 5.73 Å². The summed E-state index contributed by atoms with van der Waals surface area (Å²) in [5, 5.41) is 7.94. The van der Waals surface area contributed by atoms with Crippen LogP contribution in [0.1, 0.15) is 24.1 Å². The SMILES string of the molecule is Cc1nc2ccc(CCCCN)cn2c1-c1nc(-c2ccccc2)c(-c2ncn[nH]2)s1. The fraction of sp³-hybridized carbons (Fsp3) is 0.217. The second-order valence-electron chi connectivity index (χ2n) is 7.45. The van der Waals surface area contributed by atoms with Gasteiger partial charge in [0.1, 0.15) is 22.7 Å². The average Bonchev–Trinajstić information content (AvgIpc) is 3.52. The normalized spacial score (nSPS) is 11.4. The molecule has 0 unspecified atom stereocenters. The molecule has 5 aromatic rings. The number of hydrogen-bond donors (Lipinski definition) is 2. The molecule has 4 heterocycles. The van der Waals surface area contributed by atoms with Crippen molar-refractivity contribution in [2.75, 3.05) is 6.54 Å². The fourth-order valence-corrected chi connectivity index (χ4v) is 4.90. The molecule has 0 radical (unpaired) electrons. The molecule has 0 aliphatic heterocycles. The third kappa shape index (κ3) is 3.75. The van der Waals surface area contributed by atoms with Crippen molar-refractivity contribution in [3.8, 4) is 32.7 Å². The molecule has 0 aliphatic carbocycles. The number of hydrogen-bond acceptors (Lipinski definition) is 6. The van der Waals surface area contributed by atoms with E-state index in [0.717, 1.165) is 69.8 Å².